The van der Waals surface area contributed by atoms with Crippen LogP contribution < -0.4 is 5.56 Å². The number of morpholine rings is 1. The van der Waals surface area contributed by atoms with Crippen LogP contribution in [0.1, 0.15) is 22.6 Å². The lowest BCUT2D eigenvalue weighted by Gasteiger charge is -2.33. The molecular weight excluding hydrogens is 337 g/mol. The maximum atomic E-state index is 13.3. The number of aromatic nitrogens is 2. The molecule has 1 aliphatic rings. The number of ether oxygens (including phenoxy) is 1. The molecule has 0 aliphatic carbocycles. The molecule has 0 radical (unpaired) electrons. The number of hydrogen-bond donors (Lipinski definition) is 1. The lowest BCUT2D eigenvalue weighted by atomic mass is 10.1. The zero-order chi connectivity index (χ0) is 18.7. The van der Waals surface area contributed by atoms with Crippen LogP contribution in [0.4, 0.5) is 4.39 Å². The first-order valence-electron chi connectivity index (χ1n) is 8.62. The van der Waals surface area contributed by atoms with Crippen molar-refractivity contribution in [1.82, 2.24) is 14.9 Å². The third kappa shape index (κ3) is 4.35. The first kappa shape index (κ1) is 18.3. The van der Waals surface area contributed by atoms with E-state index in [0.29, 0.717) is 43.2 Å². The van der Waals surface area contributed by atoms with Crippen LogP contribution in [0.3, 0.4) is 0 Å². The second-order valence-corrected chi connectivity index (χ2v) is 6.56. The Balaban J connectivity index is 1.66. The number of carbonyl (C=O) groups is 1. The average molecular weight is 359 g/mol. The molecule has 2 heterocycles. The number of amides is 1. The molecular formula is C19H22FN3O3. The van der Waals surface area contributed by atoms with Gasteiger partial charge in [0.2, 0.25) is 5.91 Å². The molecule has 1 N–H and O–H groups in total. The molecule has 6 nitrogen and oxygen atoms in total. The molecule has 3 rings (SSSR count). The van der Waals surface area contributed by atoms with Crippen molar-refractivity contribution in [1.29, 1.82) is 0 Å². The minimum atomic E-state index is -0.284. The van der Waals surface area contributed by atoms with E-state index in [0.717, 1.165) is 5.56 Å². The van der Waals surface area contributed by atoms with E-state index >= 15 is 0 Å². The third-order valence-electron chi connectivity index (χ3n) is 4.51. The summed E-state index contributed by atoms with van der Waals surface area (Å²) in [6, 6.07) is 6.38. The molecule has 7 heteroatoms. The highest BCUT2D eigenvalue weighted by atomic mass is 19.1. The summed E-state index contributed by atoms with van der Waals surface area (Å²) < 4.78 is 19.0. The van der Waals surface area contributed by atoms with E-state index in [1.807, 2.05) is 6.07 Å². The van der Waals surface area contributed by atoms with E-state index in [2.05, 4.69) is 9.97 Å². The Hall–Kier alpha value is -2.54. The van der Waals surface area contributed by atoms with Crippen molar-refractivity contribution in [3.8, 4) is 0 Å². The normalized spacial score (nSPS) is 17.3. The van der Waals surface area contributed by atoms with Crippen molar-refractivity contribution in [3.05, 3.63) is 63.1 Å². The van der Waals surface area contributed by atoms with Crippen molar-refractivity contribution in [2.45, 2.75) is 32.8 Å². The Morgan fingerprint density at radius 2 is 2.23 bits per heavy atom. The number of benzene rings is 1. The van der Waals surface area contributed by atoms with E-state index in [9.17, 15) is 14.0 Å². The summed E-state index contributed by atoms with van der Waals surface area (Å²) in [4.78, 5) is 33.3. The van der Waals surface area contributed by atoms with Crippen molar-refractivity contribution in [3.63, 3.8) is 0 Å². The van der Waals surface area contributed by atoms with Gasteiger partial charge in [-0.25, -0.2) is 9.37 Å². The van der Waals surface area contributed by atoms with Crippen LogP contribution in [0.2, 0.25) is 0 Å². The van der Waals surface area contributed by atoms with E-state index in [1.54, 1.807) is 24.8 Å². The number of nitrogens with zero attached hydrogens (tertiary/aromatic N) is 2. The van der Waals surface area contributed by atoms with Crippen LogP contribution in [0.15, 0.2) is 29.1 Å². The predicted molar refractivity (Wildman–Crippen MR) is 94.5 cm³/mol. The van der Waals surface area contributed by atoms with E-state index in [1.165, 1.54) is 12.1 Å². The van der Waals surface area contributed by atoms with Crippen molar-refractivity contribution < 1.29 is 13.9 Å². The van der Waals surface area contributed by atoms with Gasteiger partial charge in [-0.05, 0) is 31.5 Å². The largest absolute Gasteiger partial charge is 0.374 e. The zero-order valence-electron chi connectivity index (χ0n) is 14.9. The van der Waals surface area contributed by atoms with Crippen LogP contribution in [0.5, 0.6) is 0 Å². The van der Waals surface area contributed by atoms with Crippen LogP contribution in [-0.4, -0.2) is 46.6 Å². The summed E-state index contributed by atoms with van der Waals surface area (Å²) >= 11 is 0. The van der Waals surface area contributed by atoms with Crippen LogP contribution in [0.25, 0.3) is 0 Å². The summed E-state index contributed by atoms with van der Waals surface area (Å²) in [7, 11) is 0. The number of aromatic amines is 1. The Bertz CT molecular complexity index is 865. The molecule has 1 aromatic heterocycles. The molecule has 0 unspecified atom stereocenters. The van der Waals surface area contributed by atoms with Crippen LogP contribution in [0, 0.1) is 19.7 Å². The van der Waals surface area contributed by atoms with Crippen LogP contribution in [-0.2, 0) is 22.4 Å². The predicted octanol–water partition coefficient (Wildman–Crippen LogP) is 1.54. The molecule has 2 aromatic rings. The second kappa shape index (κ2) is 7.78. The molecule has 1 aliphatic heterocycles. The summed E-state index contributed by atoms with van der Waals surface area (Å²) in [6.07, 6.45) is 0.360. The summed E-state index contributed by atoms with van der Waals surface area (Å²) in [6.45, 7) is 4.77. The zero-order valence-corrected chi connectivity index (χ0v) is 14.9. The first-order chi connectivity index (χ1) is 12.4. The molecule has 138 valence electrons. The minimum absolute atomic E-state index is 0.0150. The van der Waals surface area contributed by atoms with Crippen molar-refractivity contribution >= 4 is 5.91 Å². The fourth-order valence-electron chi connectivity index (χ4n) is 3.22. The fraction of sp³-hybridized carbons (Fsp3) is 0.421. The summed E-state index contributed by atoms with van der Waals surface area (Å²) in [5.74, 6) is 0.120. The van der Waals surface area contributed by atoms with Gasteiger partial charge in [-0.15, -0.1) is 0 Å². The lowest BCUT2D eigenvalue weighted by molar-refractivity contribution is -0.138. The quantitative estimate of drug-likeness (QED) is 0.899. The standard InChI is InChI=1S/C19H22FN3O3/c1-12-17(19(25)22-13(2)21-12)10-18(24)23-6-7-26-16(11-23)9-14-4-3-5-15(20)8-14/h3-5,8,16H,6-7,9-11H2,1-2H3,(H,21,22,25)/t16-/m1/s1. The number of halogens is 1. The highest BCUT2D eigenvalue weighted by molar-refractivity contribution is 5.79. The maximum absolute atomic E-state index is 13.3. The molecule has 26 heavy (non-hydrogen) atoms. The van der Waals surface area contributed by atoms with Gasteiger partial charge in [0, 0.05) is 30.8 Å². The van der Waals surface area contributed by atoms with Crippen LogP contribution >= 0.6 is 0 Å². The Morgan fingerprint density at radius 3 is 2.96 bits per heavy atom. The van der Waals surface area contributed by atoms with Gasteiger partial charge < -0.3 is 14.6 Å². The van der Waals surface area contributed by atoms with Gasteiger partial charge in [0.1, 0.15) is 11.6 Å². The highest BCUT2D eigenvalue weighted by Gasteiger charge is 2.25. The third-order valence-corrected chi connectivity index (χ3v) is 4.51. The highest BCUT2D eigenvalue weighted by Crippen LogP contribution is 2.14. The van der Waals surface area contributed by atoms with Gasteiger partial charge in [-0.1, -0.05) is 12.1 Å². The Morgan fingerprint density at radius 1 is 1.42 bits per heavy atom. The monoisotopic (exact) mass is 359 g/mol. The molecule has 0 saturated carbocycles. The maximum Gasteiger partial charge on any atom is 0.254 e. The summed E-state index contributed by atoms with van der Waals surface area (Å²) in [5, 5.41) is 0. The number of nitrogens with one attached hydrogen (secondary N) is 1. The molecule has 1 atom stereocenters. The molecule has 0 spiro atoms. The van der Waals surface area contributed by atoms with Crippen molar-refractivity contribution in [2.24, 2.45) is 0 Å². The van der Waals surface area contributed by atoms with Gasteiger partial charge in [0.05, 0.1) is 19.1 Å². The minimum Gasteiger partial charge on any atom is -0.374 e. The van der Waals surface area contributed by atoms with Gasteiger partial charge in [-0.2, -0.15) is 0 Å². The van der Waals surface area contributed by atoms with Gasteiger partial charge in [0.15, 0.2) is 0 Å². The first-order valence-corrected chi connectivity index (χ1v) is 8.62. The average Bonchev–Trinajstić information content (AvgIpc) is 2.58. The fourth-order valence-corrected chi connectivity index (χ4v) is 3.22. The molecule has 1 aromatic carbocycles. The molecule has 0 bridgehead atoms. The number of hydrogen-bond acceptors (Lipinski definition) is 4. The molecule has 1 amide bonds. The van der Waals surface area contributed by atoms with E-state index in [-0.39, 0.29) is 29.8 Å². The number of H-pyrrole nitrogens is 1. The second-order valence-electron chi connectivity index (χ2n) is 6.56. The van der Waals surface area contributed by atoms with Crippen molar-refractivity contribution in [2.75, 3.05) is 19.7 Å². The molecule has 1 fully saturated rings. The Kier molecular flexibility index (Phi) is 5.46. The van der Waals surface area contributed by atoms with Gasteiger partial charge in [0.25, 0.3) is 5.56 Å². The van der Waals surface area contributed by atoms with E-state index in [4.69, 9.17) is 4.74 Å². The van der Waals surface area contributed by atoms with Gasteiger partial charge >= 0.3 is 0 Å². The lowest BCUT2D eigenvalue weighted by Crippen LogP contribution is -2.47. The van der Waals surface area contributed by atoms with E-state index < -0.39 is 0 Å². The summed E-state index contributed by atoms with van der Waals surface area (Å²) in [5.41, 5.74) is 1.53. The topological polar surface area (TPSA) is 75.3 Å². The Labute approximate surface area is 151 Å². The number of carbonyl (C=O) groups excluding carboxylic acids is 1. The SMILES string of the molecule is Cc1nc(C)c(CC(=O)N2CCO[C@H](Cc3cccc(F)c3)C2)c(=O)[nH]1. The van der Waals surface area contributed by atoms with Gasteiger partial charge in [-0.3, -0.25) is 9.59 Å². The number of aryl methyl sites for hydroxylation is 2. The smallest absolute Gasteiger partial charge is 0.254 e. The molecule has 1 saturated heterocycles. The number of rotatable bonds is 4.